The normalized spacial score (nSPS) is 42.6. The standard InChI is InChI=1S/C25H35NO6/c1-16(27)30-15-21(26-29)20-7-6-18-19-5-4-17-14-24(31-12-13-32-24)10-9-23(17,3)25(19,28)11-8-22(18,20)2/h4,7,18-19,28-29H,5-6,8-15H2,1-3H3/t18-,19-,22-,23-,25+/m0/s1. The monoisotopic (exact) mass is 445 g/mol. The molecule has 1 saturated heterocycles. The summed E-state index contributed by atoms with van der Waals surface area (Å²) < 4.78 is 17.1. The molecule has 5 atom stereocenters. The predicted molar refractivity (Wildman–Crippen MR) is 117 cm³/mol. The Balaban J connectivity index is 1.43. The number of nitrogens with zero attached hydrogens (tertiary/aromatic N) is 1. The second kappa shape index (κ2) is 7.40. The lowest BCUT2D eigenvalue weighted by molar-refractivity contribution is -0.219. The topological polar surface area (TPSA) is 97.6 Å². The first-order chi connectivity index (χ1) is 15.2. The average Bonchev–Trinajstić information content (AvgIpc) is 3.35. The number of allylic oxidation sites excluding steroid dienone is 2. The first kappa shape index (κ1) is 22.1. The minimum atomic E-state index is -0.781. The fraction of sp³-hybridized carbons (Fsp3) is 0.760. The predicted octanol–water partition coefficient (Wildman–Crippen LogP) is 3.74. The summed E-state index contributed by atoms with van der Waals surface area (Å²) >= 11 is 0. The Morgan fingerprint density at radius 1 is 1.12 bits per heavy atom. The summed E-state index contributed by atoms with van der Waals surface area (Å²) in [6.45, 7) is 7.07. The van der Waals surface area contributed by atoms with Crippen LogP contribution in [0.1, 0.15) is 65.7 Å². The van der Waals surface area contributed by atoms with Crippen LogP contribution in [-0.2, 0) is 19.0 Å². The zero-order chi connectivity index (χ0) is 22.8. The van der Waals surface area contributed by atoms with Gasteiger partial charge in [-0.3, -0.25) is 4.79 Å². The second-order valence-electron chi connectivity index (χ2n) is 10.8. The Labute approximate surface area is 189 Å². The summed E-state index contributed by atoms with van der Waals surface area (Å²) in [4.78, 5) is 11.3. The number of ether oxygens (including phenoxy) is 3. The van der Waals surface area contributed by atoms with Crippen LogP contribution < -0.4 is 0 Å². The smallest absolute Gasteiger partial charge is 0.303 e. The van der Waals surface area contributed by atoms with Crippen LogP contribution in [0.5, 0.6) is 0 Å². The number of oxime groups is 1. The van der Waals surface area contributed by atoms with E-state index in [-0.39, 0.29) is 29.3 Å². The molecule has 1 aliphatic heterocycles. The van der Waals surface area contributed by atoms with Gasteiger partial charge in [0.25, 0.3) is 0 Å². The van der Waals surface area contributed by atoms with Crippen LogP contribution in [0.2, 0.25) is 0 Å². The lowest BCUT2D eigenvalue weighted by atomic mass is 9.44. The van der Waals surface area contributed by atoms with Gasteiger partial charge in [-0.1, -0.05) is 36.7 Å². The zero-order valence-corrected chi connectivity index (χ0v) is 19.4. The first-order valence-electron chi connectivity index (χ1n) is 11.9. The van der Waals surface area contributed by atoms with Gasteiger partial charge >= 0.3 is 5.97 Å². The van der Waals surface area contributed by atoms with E-state index in [0.29, 0.717) is 25.3 Å². The molecule has 2 saturated carbocycles. The van der Waals surface area contributed by atoms with Gasteiger partial charge in [-0.15, -0.1) is 0 Å². The van der Waals surface area contributed by atoms with Crippen LogP contribution in [-0.4, -0.2) is 53.2 Å². The summed E-state index contributed by atoms with van der Waals surface area (Å²) in [6.07, 6.45) is 10.0. The molecular formula is C25H35NO6. The van der Waals surface area contributed by atoms with Gasteiger partial charge in [-0.25, -0.2) is 0 Å². The van der Waals surface area contributed by atoms with Crippen molar-refractivity contribution in [3.05, 3.63) is 23.3 Å². The zero-order valence-electron chi connectivity index (χ0n) is 19.4. The van der Waals surface area contributed by atoms with Gasteiger partial charge < -0.3 is 24.5 Å². The summed E-state index contributed by atoms with van der Waals surface area (Å²) in [5.41, 5.74) is 1.39. The van der Waals surface area contributed by atoms with Gasteiger partial charge in [0, 0.05) is 25.2 Å². The highest BCUT2D eigenvalue weighted by Crippen LogP contribution is 2.67. The van der Waals surface area contributed by atoms with Crippen molar-refractivity contribution >= 4 is 11.7 Å². The molecule has 0 aromatic rings. The first-order valence-corrected chi connectivity index (χ1v) is 11.9. The summed E-state index contributed by atoms with van der Waals surface area (Å²) in [6, 6.07) is 0. The van der Waals surface area contributed by atoms with Crippen molar-refractivity contribution in [3.8, 4) is 0 Å². The van der Waals surface area contributed by atoms with Crippen LogP contribution in [0.4, 0.5) is 0 Å². The molecule has 7 nitrogen and oxygen atoms in total. The van der Waals surface area contributed by atoms with E-state index in [1.807, 2.05) is 0 Å². The molecule has 0 amide bonds. The Hall–Kier alpha value is -1.70. The van der Waals surface area contributed by atoms with E-state index in [9.17, 15) is 15.1 Å². The summed E-state index contributed by atoms with van der Waals surface area (Å²) in [5.74, 6) is -0.525. The Morgan fingerprint density at radius 2 is 1.84 bits per heavy atom. The third-order valence-corrected chi connectivity index (χ3v) is 9.54. The number of fused-ring (bicyclic) bond motifs is 5. The van der Waals surface area contributed by atoms with E-state index < -0.39 is 17.4 Å². The number of aliphatic hydroxyl groups is 1. The van der Waals surface area contributed by atoms with E-state index in [1.165, 1.54) is 12.5 Å². The molecule has 0 radical (unpaired) electrons. The number of carbonyl (C=O) groups excluding carboxylic acids is 1. The molecule has 0 aromatic heterocycles. The molecule has 1 heterocycles. The maximum Gasteiger partial charge on any atom is 0.303 e. The minimum Gasteiger partial charge on any atom is -0.459 e. The maximum atomic E-state index is 12.3. The lowest BCUT2D eigenvalue weighted by Crippen LogP contribution is -2.63. The van der Waals surface area contributed by atoms with Crippen molar-refractivity contribution in [1.82, 2.24) is 0 Å². The third kappa shape index (κ3) is 2.97. The van der Waals surface area contributed by atoms with Gasteiger partial charge in [-0.2, -0.15) is 0 Å². The van der Waals surface area contributed by atoms with Crippen molar-refractivity contribution < 1.29 is 29.3 Å². The minimum absolute atomic E-state index is 0.0290. The highest BCUT2D eigenvalue weighted by atomic mass is 16.7. The maximum absolute atomic E-state index is 12.3. The highest BCUT2D eigenvalue weighted by molar-refractivity contribution is 6.03. The van der Waals surface area contributed by atoms with E-state index >= 15 is 0 Å². The van der Waals surface area contributed by atoms with Crippen molar-refractivity contribution in [2.24, 2.45) is 27.8 Å². The molecule has 32 heavy (non-hydrogen) atoms. The molecule has 3 fully saturated rings. The van der Waals surface area contributed by atoms with E-state index in [1.54, 1.807) is 0 Å². The Morgan fingerprint density at radius 3 is 2.53 bits per heavy atom. The molecule has 2 N–H and O–H groups in total. The van der Waals surface area contributed by atoms with E-state index in [2.05, 4.69) is 31.2 Å². The third-order valence-electron chi connectivity index (χ3n) is 9.54. The molecule has 0 bridgehead atoms. The van der Waals surface area contributed by atoms with E-state index in [4.69, 9.17) is 14.2 Å². The van der Waals surface area contributed by atoms with Crippen LogP contribution in [0.15, 0.2) is 28.5 Å². The largest absolute Gasteiger partial charge is 0.459 e. The Bertz CT molecular complexity index is 902. The highest BCUT2D eigenvalue weighted by Gasteiger charge is 2.66. The van der Waals surface area contributed by atoms with Gasteiger partial charge in [0.05, 0.1) is 18.8 Å². The number of rotatable bonds is 3. The second-order valence-corrected chi connectivity index (χ2v) is 10.8. The number of hydrogen-bond acceptors (Lipinski definition) is 7. The molecule has 1 spiro atoms. The van der Waals surface area contributed by atoms with Crippen molar-refractivity contribution in [2.75, 3.05) is 19.8 Å². The number of hydrogen-bond donors (Lipinski definition) is 2. The molecule has 176 valence electrons. The number of esters is 1. The molecular weight excluding hydrogens is 410 g/mol. The van der Waals surface area contributed by atoms with Crippen molar-refractivity contribution in [2.45, 2.75) is 77.1 Å². The molecule has 7 heteroatoms. The van der Waals surface area contributed by atoms with Crippen LogP contribution in [0, 0.1) is 22.7 Å². The van der Waals surface area contributed by atoms with Crippen molar-refractivity contribution in [1.29, 1.82) is 0 Å². The average molecular weight is 446 g/mol. The van der Waals surface area contributed by atoms with Crippen LogP contribution >= 0.6 is 0 Å². The number of carbonyl (C=O) groups is 1. The van der Waals surface area contributed by atoms with Gasteiger partial charge in [-0.05, 0) is 54.9 Å². The van der Waals surface area contributed by atoms with Gasteiger partial charge in [0.2, 0.25) is 0 Å². The van der Waals surface area contributed by atoms with Gasteiger partial charge in [0.15, 0.2) is 5.79 Å². The van der Waals surface area contributed by atoms with Gasteiger partial charge in [0.1, 0.15) is 12.3 Å². The summed E-state index contributed by atoms with van der Waals surface area (Å²) in [5, 5.41) is 25.4. The van der Waals surface area contributed by atoms with Crippen LogP contribution in [0.3, 0.4) is 0 Å². The summed E-state index contributed by atoms with van der Waals surface area (Å²) in [7, 11) is 0. The SMILES string of the molecule is CC(=O)OCC(=NO)C1=CC[C@H]2[C@@H]3CC=C4CC5(CC[C@]4(C)[C@@]3(O)CC[C@]12C)OCCO5. The molecule has 0 unspecified atom stereocenters. The molecule has 5 rings (SSSR count). The van der Waals surface area contributed by atoms with E-state index in [0.717, 1.165) is 44.1 Å². The van der Waals surface area contributed by atoms with Crippen LogP contribution in [0.25, 0.3) is 0 Å². The Kier molecular flexibility index (Phi) is 5.12. The lowest BCUT2D eigenvalue weighted by Gasteiger charge is -2.63. The molecule has 0 aromatic carbocycles. The quantitative estimate of drug-likeness (QED) is 0.226. The molecule has 4 aliphatic carbocycles. The fourth-order valence-corrected chi connectivity index (χ4v) is 7.64. The molecule has 5 aliphatic rings. The van der Waals surface area contributed by atoms with Crippen molar-refractivity contribution in [3.63, 3.8) is 0 Å². The fourth-order valence-electron chi connectivity index (χ4n) is 7.64.